The monoisotopic (exact) mass is 376 g/mol. The van der Waals surface area contributed by atoms with Crippen molar-refractivity contribution >= 4 is 46.2 Å². The number of hydrogen-bond acceptors (Lipinski definition) is 4. The largest absolute Gasteiger partial charge is 0.356 e. The lowest BCUT2D eigenvalue weighted by Crippen LogP contribution is -2.30. The van der Waals surface area contributed by atoms with E-state index in [1.807, 2.05) is 37.3 Å². The summed E-state index contributed by atoms with van der Waals surface area (Å²) in [5.74, 6) is -0.0314. The molecule has 1 heterocycles. The second kappa shape index (κ2) is 9.73. The van der Waals surface area contributed by atoms with Crippen molar-refractivity contribution in [3.63, 3.8) is 0 Å². The first-order valence-electron chi connectivity index (χ1n) is 8.60. The number of thiocarbonyl (C=S) groups is 1. The van der Waals surface area contributed by atoms with E-state index in [0.29, 0.717) is 28.6 Å². The molecule has 6 heteroatoms. The van der Waals surface area contributed by atoms with Gasteiger partial charge in [0.2, 0.25) is 5.91 Å². The fourth-order valence-corrected chi connectivity index (χ4v) is 3.71. The maximum absolute atomic E-state index is 12.5. The van der Waals surface area contributed by atoms with Crippen LogP contribution in [0.1, 0.15) is 43.7 Å². The fourth-order valence-electron chi connectivity index (χ4n) is 2.40. The van der Waals surface area contributed by atoms with E-state index in [9.17, 15) is 9.59 Å². The van der Waals surface area contributed by atoms with Gasteiger partial charge in [-0.15, -0.1) is 0 Å². The SMILES string of the molecule is CCCCNC(=O)CCCN1C(=O)C(=Cc2ccc(C)cc2)SC1=S. The minimum Gasteiger partial charge on any atom is -0.356 e. The van der Waals surface area contributed by atoms with Crippen LogP contribution in [0.5, 0.6) is 0 Å². The molecule has 0 aromatic heterocycles. The average molecular weight is 377 g/mol. The third kappa shape index (κ3) is 5.97. The Morgan fingerprint density at radius 1 is 1.28 bits per heavy atom. The van der Waals surface area contributed by atoms with Crippen molar-refractivity contribution in [3.05, 3.63) is 40.3 Å². The van der Waals surface area contributed by atoms with Crippen LogP contribution in [-0.4, -0.2) is 34.1 Å². The van der Waals surface area contributed by atoms with Crippen LogP contribution in [-0.2, 0) is 9.59 Å². The molecule has 0 atom stereocenters. The Morgan fingerprint density at radius 2 is 2.00 bits per heavy atom. The summed E-state index contributed by atoms with van der Waals surface area (Å²) >= 11 is 6.65. The predicted octanol–water partition coefficient (Wildman–Crippen LogP) is 3.89. The molecule has 1 aromatic rings. The van der Waals surface area contributed by atoms with Crippen LogP contribution in [0.25, 0.3) is 6.08 Å². The molecule has 0 saturated carbocycles. The van der Waals surface area contributed by atoms with Gasteiger partial charge in [-0.3, -0.25) is 14.5 Å². The minimum atomic E-state index is -0.0676. The van der Waals surface area contributed by atoms with Crippen molar-refractivity contribution in [3.8, 4) is 0 Å². The Hall–Kier alpha value is -1.66. The number of hydrogen-bond donors (Lipinski definition) is 1. The lowest BCUT2D eigenvalue weighted by molar-refractivity contribution is -0.124. The second-order valence-corrected chi connectivity index (χ2v) is 7.73. The number of rotatable bonds is 8. The number of aryl methyl sites for hydroxylation is 1. The van der Waals surface area contributed by atoms with Crippen LogP contribution in [0.2, 0.25) is 0 Å². The molecule has 1 aromatic carbocycles. The van der Waals surface area contributed by atoms with Gasteiger partial charge in [-0.25, -0.2) is 0 Å². The molecule has 0 aliphatic carbocycles. The highest BCUT2D eigenvalue weighted by Gasteiger charge is 2.31. The van der Waals surface area contributed by atoms with Gasteiger partial charge in [-0.2, -0.15) is 0 Å². The van der Waals surface area contributed by atoms with E-state index >= 15 is 0 Å². The third-order valence-corrected chi connectivity index (χ3v) is 5.26. The van der Waals surface area contributed by atoms with E-state index in [4.69, 9.17) is 12.2 Å². The van der Waals surface area contributed by atoms with E-state index in [1.54, 1.807) is 4.90 Å². The smallest absolute Gasteiger partial charge is 0.266 e. The quantitative estimate of drug-likeness (QED) is 0.425. The molecule has 0 unspecified atom stereocenters. The van der Waals surface area contributed by atoms with Crippen LogP contribution >= 0.6 is 24.0 Å². The van der Waals surface area contributed by atoms with E-state index in [-0.39, 0.29) is 11.8 Å². The normalized spacial score (nSPS) is 15.9. The van der Waals surface area contributed by atoms with Crippen LogP contribution in [0.3, 0.4) is 0 Å². The molecule has 1 saturated heterocycles. The predicted molar refractivity (Wildman–Crippen MR) is 108 cm³/mol. The lowest BCUT2D eigenvalue weighted by Gasteiger charge is -2.14. The van der Waals surface area contributed by atoms with Crippen LogP contribution in [0, 0.1) is 6.92 Å². The van der Waals surface area contributed by atoms with Gasteiger partial charge in [0.15, 0.2) is 0 Å². The number of thioether (sulfide) groups is 1. The zero-order valence-electron chi connectivity index (χ0n) is 14.7. The topological polar surface area (TPSA) is 49.4 Å². The van der Waals surface area contributed by atoms with Gasteiger partial charge in [0.25, 0.3) is 5.91 Å². The van der Waals surface area contributed by atoms with Gasteiger partial charge in [-0.1, -0.05) is 67.2 Å². The van der Waals surface area contributed by atoms with Crippen LogP contribution < -0.4 is 5.32 Å². The number of nitrogens with one attached hydrogen (secondary N) is 1. The van der Waals surface area contributed by atoms with Crippen molar-refractivity contribution in [2.24, 2.45) is 0 Å². The molecule has 1 N–H and O–H groups in total. The summed E-state index contributed by atoms with van der Waals surface area (Å²) in [6.45, 7) is 5.32. The first kappa shape index (κ1) is 19.7. The van der Waals surface area contributed by atoms with E-state index in [1.165, 1.54) is 17.3 Å². The van der Waals surface area contributed by atoms with Gasteiger partial charge in [0.05, 0.1) is 4.91 Å². The number of unbranched alkanes of at least 4 members (excludes halogenated alkanes) is 1. The van der Waals surface area contributed by atoms with Gasteiger partial charge in [-0.05, 0) is 31.4 Å². The Bertz CT molecular complexity index is 669. The summed E-state index contributed by atoms with van der Waals surface area (Å²) < 4.78 is 0.565. The Kier molecular flexibility index (Phi) is 7.65. The summed E-state index contributed by atoms with van der Waals surface area (Å²) in [5.41, 5.74) is 2.17. The molecular weight excluding hydrogens is 352 g/mol. The molecule has 2 amide bonds. The average Bonchev–Trinajstić information content (AvgIpc) is 2.84. The summed E-state index contributed by atoms with van der Waals surface area (Å²) in [5, 5.41) is 2.89. The number of nitrogens with zero attached hydrogens (tertiary/aromatic N) is 1. The minimum absolute atomic E-state index is 0.0362. The fraction of sp³-hybridized carbons (Fsp3) is 0.421. The van der Waals surface area contributed by atoms with Gasteiger partial charge < -0.3 is 5.32 Å². The number of benzene rings is 1. The Morgan fingerprint density at radius 3 is 2.68 bits per heavy atom. The molecular formula is C19H24N2O2S2. The van der Waals surface area contributed by atoms with Gasteiger partial charge in [0, 0.05) is 19.5 Å². The standard InChI is InChI=1S/C19H24N2O2S2/c1-3-4-11-20-17(22)6-5-12-21-18(23)16(25-19(21)24)13-15-9-7-14(2)8-10-15/h7-10,13H,3-6,11-12H2,1-2H3,(H,20,22). The molecule has 25 heavy (non-hydrogen) atoms. The molecule has 2 rings (SSSR count). The number of amides is 2. The maximum atomic E-state index is 12.5. The summed E-state index contributed by atoms with van der Waals surface area (Å²) in [6, 6.07) is 8.01. The third-order valence-electron chi connectivity index (χ3n) is 3.89. The lowest BCUT2D eigenvalue weighted by atomic mass is 10.1. The first-order chi connectivity index (χ1) is 12.0. The van der Waals surface area contributed by atoms with Crippen molar-refractivity contribution in [1.82, 2.24) is 10.2 Å². The molecule has 4 nitrogen and oxygen atoms in total. The second-order valence-electron chi connectivity index (χ2n) is 6.05. The van der Waals surface area contributed by atoms with Gasteiger partial charge >= 0.3 is 0 Å². The summed E-state index contributed by atoms with van der Waals surface area (Å²) in [6.07, 6.45) is 4.95. The van der Waals surface area contributed by atoms with E-state index in [2.05, 4.69) is 12.2 Å². The van der Waals surface area contributed by atoms with E-state index in [0.717, 1.165) is 24.9 Å². The van der Waals surface area contributed by atoms with E-state index < -0.39 is 0 Å². The zero-order valence-corrected chi connectivity index (χ0v) is 16.3. The maximum Gasteiger partial charge on any atom is 0.266 e. The highest BCUT2D eigenvalue weighted by Crippen LogP contribution is 2.32. The molecule has 134 valence electrons. The molecule has 0 radical (unpaired) electrons. The van der Waals surface area contributed by atoms with Crippen molar-refractivity contribution < 1.29 is 9.59 Å². The summed E-state index contributed by atoms with van der Waals surface area (Å²) in [7, 11) is 0. The molecule has 1 aliphatic rings. The molecule has 0 spiro atoms. The number of carbonyl (C=O) groups excluding carboxylic acids is 2. The van der Waals surface area contributed by atoms with Crippen LogP contribution in [0.15, 0.2) is 29.2 Å². The van der Waals surface area contributed by atoms with Crippen LogP contribution in [0.4, 0.5) is 0 Å². The highest BCUT2D eigenvalue weighted by atomic mass is 32.2. The Labute approximate surface area is 159 Å². The zero-order chi connectivity index (χ0) is 18.2. The van der Waals surface area contributed by atoms with Crippen molar-refractivity contribution in [1.29, 1.82) is 0 Å². The molecule has 1 aliphatic heterocycles. The van der Waals surface area contributed by atoms with Gasteiger partial charge in [0.1, 0.15) is 4.32 Å². The van der Waals surface area contributed by atoms with Crippen molar-refractivity contribution in [2.75, 3.05) is 13.1 Å². The number of carbonyl (C=O) groups is 2. The molecule has 1 fully saturated rings. The summed E-state index contributed by atoms with van der Waals surface area (Å²) in [4.78, 5) is 26.5. The Balaban J connectivity index is 1.86. The highest BCUT2D eigenvalue weighted by molar-refractivity contribution is 8.26. The van der Waals surface area contributed by atoms with Crippen molar-refractivity contribution in [2.45, 2.75) is 39.5 Å². The first-order valence-corrected chi connectivity index (χ1v) is 9.82. The molecule has 0 bridgehead atoms.